The number of rotatable bonds is 2. The normalized spacial score (nSPS) is 17.9. The number of fused-ring (bicyclic) bond motifs is 2. The van der Waals surface area contributed by atoms with Crippen molar-refractivity contribution in [3.63, 3.8) is 0 Å². The van der Waals surface area contributed by atoms with Crippen molar-refractivity contribution in [1.29, 1.82) is 0 Å². The van der Waals surface area contributed by atoms with Crippen LogP contribution in [0.25, 0.3) is 5.57 Å². The molecule has 0 amide bonds. The van der Waals surface area contributed by atoms with Crippen LogP contribution in [0.15, 0.2) is 41.6 Å². The van der Waals surface area contributed by atoms with Gasteiger partial charge < -0.3 is 22.3 Å². The minimum atomic E-state index is -4.05. The Morgan fingerprint density at radius 3 is 2.44 bits per heavy atom. The maximum absolute atomic E-state index is 15.6. The fourth-order valence-electron chi connectivity index (χ4n) is 4.43. The molecule has 0 saturated carbocycles. The Hall–Kier alpha value is -2.70. The molecule has 0 aliphatic carbocycles. The lowest BCUT2D eigenvalue weighted by Crippen LogP contribution is -2.51. The Kier molecular flexibility index (Phi) is 3.70. The van der Waals surface area contributed by atoms with E-state index in [4.69, 9.17) is 4.74 Å². The predicted molar refractivity (Wildman–Crippen MR) is 101 cm³/mol. The van der Waals surface area contributed by atoms with Gasteiger partial charge in [0.25, 0.3) is 0 Å². The highest BCUT2D eigenvalue weighted by Crippen LogP contribution is 2.46. The second kappa shape index (κ2) is 5.65. The zero-order valence-electron chi connectivity index (χ0n) is 15.9. The summed E-state index contributed by atoms with van der Waals surface area (Å²) in [6.07, 6.45) is 1.74. The molecule has 2 aliphatic rings. The van der Waals surface area contributed by atoms with Crippen molar-refractivity contribution in [3.8, 4) is 5.75 Å². The number of aromatic nitrogens is 1. The van der Waals surface area contributed by atoms with Crippen LogP contribution in [0, 0.1) is 19.7 Å². The zero-order valence-corrected chi connectivity index (χ0v) is 15.9. The standard InChI is InChI=1S/C20H20BF3N2O/c1-11-8-13(3)25-19(11)18(16-10-15(22)6-7-17(16)27-5)20-12(2)9-14(4)26(20)21(25,23)24/h6-10H,1-5H3. The van der Waals surface area contributed by atoms with Gasteiger partial charge in [-0.2, -0.15) is 0 Å². The first kappa shape index (κ1) is 17.7. The molecule has 0 N–H and O–H groups in total. The van der Waals surface area contributed by atoms with E-state index in [0.29, 0.717) is 39.7 Å². The zero-order chi connectivity index (χ0) is 19.7. The van der Waals surface area contributed by atoms with Gasteiger partial charge in [-0.25, -0.2) is 4.39 Å². The van der Waals surface area contributed by atoms with Crippen molar-refractivity contribution >= 4 is 18.3 Å². The lowest BCUT2D eigenvalue weighted by atomic mass is 9.83. The van der Waals surface area contributed by atoms with E-state index in [9.17, 15) is 4.39 Å². The molecule has 0 fully saturated rings. The van der Waals surface area contributed by atoms with E-state index in [1.807, 2.05) is 0 Å². The first-order valence-electron chi connectivity index (χ1n) is 8.79. The van der Waals surface area contributed by atoms with Gasteiger partial charge in [-0.05, 0) is 56.3 Å². The SMILES string of the molecule is COc1ccc(F)cc1C1=C2C(C)=CC(C)=[N+]2[B-](F)(F)n2c(C)cc(C)c21. The molecule has 0 spiro atoms. The van der Waals surface area contributed by atoms with Gasteiger partial charge >= 0.3 is 6.97 Å². The van der Waals surface area contributed by atoms with Crippen molar-refractivity contribution in [1.82, 2.24) is 4.48 Å². The van der Waals surface area contributed by atoms with E-state index in [0.717, 1.165) is 20.1 Å². The molecule has 0 saturated heterocycles. The van der Waals surface area contributed by atoms with Gasteiger partial charge in [0.15, 0.2) is 5.70 Å². The van der Waals surface area contributed by atoms with Crippen LogP contribution in [-0.2, 0) is 0 Å². The topological polar surface area (TPSA) is 17.2 Å². The molecule has 0 bridgehead atoms. The smallest absolute Gasteiger partial charge is 0.496 e. The average molecular weight is 372 g/mol. The van der Waals surface area contributed by atoms with Gasteiger partial charge in [-0.1, -0.05) is 0 Å². The molecule has 0 atom stereocenters. The number of halogens is 3. The average Bonchev–Trinajstić information content (AvgIpc) is 3.05. The van der Waals surface area contributed by atoms with Crippen molar-refractivity contribution in [2.75, 3.05) is 7.11 Å². The van der Waals surface area contributed by atoms with E-state index >= 15 is 8.63 Å². The Morgan fingerprint density at radius 2 is 1.78 bits per heavy atom. The third-order valence-electron chi connectivity index (χ3n) is 5.37. The number of allylic oxidation sites excluding steroid dienone is 2. The summed E-state index contributed by atoms with van der Waals surface area (Å²) in [5.41, 5.74) is 4.24. The molecule has 0 radical (unpaired) electrons. The lowest BCUT2D eigenvalue weighted by Gasteiger charge is -2.34. The summed E-state index contributed by atoms with van der Waals surface area (Å²) in [7, 11) is 1.49. The monoisotopic (exact) mass is 372 g/mol. The van der Waals surface area contributed by atoms with E-state index in [2.05, 4.69) is 0 Å². The van der Waals surface area contributed by atoms with Gasteiger partial charge in [-0.3, -0.25) is 0 Å². The second-order valence-corrected chi connectivity index (χ2v) is 7.18. The molecule has 1 aromatic heterocycles. The molecule has 1 aromatic carbocycles. The molecular formula is C20H20BF3N2O. The fraction of sp³-hybridized carbons (Fsp3) is 0.250. The summed E-state index contributed by atoms with van der Waals surface area (Å²) in [4.78, 5) is 0. The van der Waals surface area contributed by atoms with Crippen molar-refractivity contribution in [3.05, 3.63) is 69.9 Å². The second-order valence-electron chi connectivity index (χ2n) is 7.18. The van der Waals surface area contributed by atoms with Crippen LogP contribution in [0.2, 0.25) is 0 Å². The van der Waals surface area contributed by atoms with Crippen LogP contribution in [0.3, 0.4) is 0 Å². The van der Waals surface area contributed by atoms with Gasteiger partial charge in [0, 0.05) is 29.8 Å². The molecular weight excluding hydrogens is 352 g/mol. The van der Waals surface area contributed by atoms with Gasteiger partial charge in [0.05, 0.1) is 12.7 Å². The van der Waals surface area contributed by atoms with E-state index in [1.54, 1.807) is 39.8 Å². The minimum absolute atomic E-state index is 0.412. The summed E-state index contributed by atoms with van der Waals surface area (Å²) in [6.45, 7) is 2.90. The molecule has 7 heteroatoms. The summed E-state index contributed by atoms with van der Waals surface area (Å²) in [6, 6.07) is 5.93. The Labute approximate surface area is 156 Å². The molecule has 2 aromatic rings. The predicted octanol–water partition coefficient (Wildman–Crippen LogP) is 4.68. The quantitative estimate of drug-likeness (QED) is 0.700. The highest BCUT2D eigenvalue weighted by atomic mass is 19.2. The molecule has 2 aliphatic heterocycles. The van der Waals surface area contributed by atoms with Gasteiger partial charge in [0.1, 0.15) is 17.3 Å². The molecule has 4 rings (SSSR count). The van der Waals surface area contributed by atoms with E-state index in [1.165, 1.54) is 25.3 Å². The van der Waals surface area contributed by atoms with Crippen LogP contribution in [0.1, 0.15) is 36.4 Å². The van der Waals surface area contributed by atoms with Crippen LogP contribution in [0.4, 0.5) is 13.0 Å². The number of nitrogens with zero attached hydrogens (tertiary/aromatic N) is 2. The van der Waals surface area contributed by atoms with Gasteiger partial charge in [-0.15, -0.1) is 0 Å². The Morgan fingerprint density at radius 1 is 1.07 bits per heavy atom. The van der Waals surface area contributed by atoms with Crippen LogP contribution in [0.5, 0.6) is 5.75 Å². The lowest BCUT2D eigenvalue weighted by molar-refractivity contribution is -0.363. The summed E-state index contributed by atoms with van der Waals surface area (Å²) < 4.78 is 52.9. The number of methoxy groups -OCH3 is 1. The van der Waals surface area contributed by atoms with Crippen molar-refractivity contribution < 1.29 is 22.2 Å². The Bertz CT molecular complexity index is 1090. The minimum Gasteiger partial charge on any atom is -0.496 e. The molecule has 3 heterocycles. The maximum atomic E-state index is 15.6. The first-order valence-corrected chi connectivity index (χ1v) is 8.79. The third-order valence-corrected chi connectivity index (χ3v) is 5.37. The maximum Gasteiger partial charge on any atom is 0.737 e. The number of ether oxygens (including phenoxy) is 1. The van der Waals surface area contributed by atoms with Gasteiger partial charge in [0.2, 0.25) is 0 Å². The van der Waals surface area contributed by atoms with E-state index < -0.39 is 12.8 Å². The summed E-state index contributed by atoms with van der Waals surface area (Å²) in [5.74, 6) is -0.000159. The number of benzene rings is 1. The largest absolute Gasteiger partial charge is 0.737 e. The van der Waals surface area contributed by atoms with E-state index in [-0.39, 0.29) is 0 Å². The molecule has 0 unspecified atom stereocenters. The third kappa shape index (κ3) is 2.27. The van der Waals surface area contributed by atoms with Crippen molar-refractivity contribution in [2.24, 2.45) is 0 Å². The van der Waals surface area contributed by atoms with Crippen LogP contribution >= 0.6 is 0 Å². The molecule has 27 heavy (non-hydrogen) atoms. The number of hydrogen-bond acceptors (Lipinski definition) is 1. The van der Waals surface area contributed by atoms with Crippen LogP contribution in [-0.4, -0.2) is 28.8 Å². The highest BCUT2D eigenvalue weighted by Gasteiger charge is 2.55. The van der Waals surface area contributed by atoms with Crippen LogP contribution < -0.4 is 4.74 Å². The summed E-state index contributed by atoms with van der Waals surface area (Å²) in [5, 5.41) is 0. The summed E-state index contributed by atoms with van der Waals surface area (Å²) >= 11 is 0. The number of hydrogen-bond donors (Lipinski definition) is 0. The number of aryl methyl sites for hydroxylation is 2. The molecule has 3 nitrogen and oxygen atoms in total. The first-order chi connectivity index (χ1) is 12.7. The van der Waals surface area contributed by atoms with Crippen molar-refractivity contribution in [2.45, 2.75) is 27.7 Å². The molecule has 140 valence electrons. The fourth-order valence-corrected chi connectivity index (χ4v) is 4.43. The Balaban J connectivity index is 2.21. The highest BCUT2D eigenvalue weighted by molar-refractivity contribution is 6.58.